The number of hydrogen-bond acceptors (Lipinski definition) is 2. The molecule has 1 aromatic carbocycles. The number of amides is 2. The van der Waals surface area contributed by atoms with Gasteiger partial charge in [0, 0.05) is 11.0 Å². The lowest BCUT2D eigenvalue weighted by Gasteiger charge is -2.33. The van der Waals surface area contributed by atoms with Crippen LogP contribution in [0.2, 0.25) is 0 Å². The number of urea groups is 1. The molecular formula is C15H21BrN2O2. The summed E-state index contributed by atoms with van der Waals surface area (Å²) in [7, 11) is 0. The molecule has 0 aromatic heterocycles. The van der Waals surface area contributed by atoms with Crippen LogP contribution in [0.15, 0.2) is 22.7 Å². The van der Waals surface area contributed by atoms with Crippen LogP contribution in [0.5, 0.6) is 0 Å². The minimum Gasteiger partial charge on any atom is -0.388 e. The SMILES string of the molecule is Cc1ccc(Br)c(NC(=O)N2CCCC2C(C)(C)O)c1. The number of likely N-dealkylation sites (tertiary alicyclic amines) is 1. The van der Waals surface area contributed by atoms with Crippen molar-refractivity contribution in [3.05, 3.63) is 28.2 Å². The number of hydrogen-bond donors (Lipinski definition) is 2. The van der Waals surface area contributed by atoms with Crippen molar-refractivity contribution in [3.8, 4) is 0 Å². The number of nitrogens with zero attached hydrogens (tertiary/aromatic N) is 1. The minimum absolute atomic E-state index is 0.133. The molecule has 0 aliphatic carbocycles. The third-order valence-corrected chi connectivity index (χ3v) is 4.38. The van der Waals surface area contributed by atoms with Crippen molar-refractivity contribution in [3.63, 3.8) is 0 Å². The molecule has 2 amide bonds. The van der Waals surface area contributed by atoms with Gasteiger partial charge in [0.25, 0.3) is 0 Å². The van der Waals surface area contributed by atoms with Crippen LogP contribution in [0.25, 0.3) is 0 Å². The number of aryl methyl sites for hydroxylation is 1. The molecule has 2 N–H and O–H groups in total. The van der Waals surface area contributed by atoms with Crippen molar-refractivity contribution in [1.29, 1.82) is 0 Å². The molecule has 2 rings (SSSR count). The molecule has 1 fully saturated rings. The van der Waals surface area contributed by atoms with E-state index in [0.717, 1.165) is 28.6 Å². The van der Waals surface area contributed by atoms with Gasteiger partial charge in [-0.3, -0.25) is 0 Å². The molecule has 4 nitrogen and oxygen atoms in total. The van der Waals surface area contributed by atoms with E-state index >= 15 is 0 Å². The van der Waals surface area contributed by atoms with Gasteiger partial charge in [0.15, 0.2) is 0 Å². The van der Waals surface area contributed by atoms with Crippen molar-refractivity contribution in [2.75, 3.05) is 11.9 Å². The van der Waals surface area contributed by atoms with Crippen LogP contribution in [0, 0.1) is 6.92 Å². The number of rotatable bonds is 2. The lowest BCUT2D eigenvalue weighted by atomic mass is 9.97. The van der Waals surface area contributed by atoms with Gasteiger partial charge in [-0.25, -0.2) is 4.79 Å². The molecule has 1 atom stereocenters. The summed E-state index contributed by atoms with van der Waals surface area (Å²) in [5.74, 6) is 0. The Balaban J connectivity index is 2.14. The van der Waals surface area contributed by atoms with Gasteiger partial charge in [-0.2, -0.15) is 0 Å². The number of halogens is 1. The summed E-state index contributed by atoms with van der Waals surface area (Å²) in [5.41, 5.74) is 0.970. The van der Waals surface area contributed by atoms with Gasteiger partial charge in [0.05, 0.1) is 17.3 Å². The molecule has 0 radical (unpaired) electrons. The number of carbonyl (C=O) groups is 1. The smallest absolute Gasteiger partial charge is 0.322 e. The normalized spacial score (nSPS) is 19.2. The molecule has 1 aliphatic rings. The van der Waals surface area contributed by atoms with E-state index in [1.807, 2.05) is 25.1 Å². The molecular weight excluding hydrogens is 320 g/mol. The average Bonchev–Trinajstić information content (AvgIpc) is 2.82. The Morgan fingerprint density at radius 2 is 2.20 bits per heavy atom. The fourth-order valence-electron chi connectivity index (χ4n) is 2.67. The van der Waals surface area contributed by atoms with Gasteiger partial charge < -0.3 is 15.3 Å². The first kappa shape index (κ1) is 15.3. The highest BCUT2D eigenvalue weighted by molar-refractivity contribution is 9.10. The number of benzene rings is 1. The van der Waals surface area contributed by atoms with Crippen LogP contribution < -0.4 is 5.32 Å². The Morgan fingerprint density at radius 3 is 2.85 bits per heavy atom. The minimum atomic E-state index is -0.877. The Bertz CT molecular complexity index is 511. The van der Waals surface area contributed by atoms with E-state index in [2.05, 4.69) is 21.2 Å². The fraction of sp³-hybridized carbons (Fsp3) is 0.533. The van der Waals surface area contributed by atoms with Crippen molar-refractivity contribution in [2.45, 2.75) is 45.3 Å². The van der Waals surface area contributed by atoms with E-state index in [4.69, 9.17) is 0 Å². The number of aliphatic hydroxyl groups is 1. The lowest BCUT2D eigenvalue weighted by Crippen LogP contribution is -2.49. The first-order chi connectivity index (χ1) is 9.29. The van der Waals surface area contributed by atoms with E-state index in [1.165, 1.54) is 0 Å². The highest BCUT2D eigenvalue weighted by atomic mass is 79.9. The second kappa shape index (κ2) is 5.74. The predicted molar refractivity (Wildman–Crippen MR) is 83.9 cm³/mol. The summed E-state index contributed by atoms with van der Waals surface area (Å²) in [6, 6.07) is 5.54. The molecule has 1 aliphatic heterocycles. The maximum atomic E-state index is 12.4. The molecule has 1 heterocycles. The van der Waals surface area contributed by atoms with Crippen molar-refractivity contribution in [2.24, 2.45) is 0 Å². The van der Waals surface area contributed by atoms with E-state index in [0.29, 0.717) is 6.54 Å². The van der Waals surface area contributed by atoms with E-state index in [9.17, 15) is 9.90 Å². The first-order valence-electron chi connectivity index (χ1n) is 6.85. The van der Waals surface area contributed by atoms with Crippen LogP contribution in [-0.2, 0) is 0 Å². The van der Waals surface area contributed by atoms with Gasteiger partial charge in [-0.05, 0) is 67.2 Å². The number of anilines is 1. The molecule has 0 saturated carbocycles. The molecule has 20 heavy (non-hydrogen) atoms. The largest absolute Gasteiger partial charge is 0.388 e. The Hall–Kier alpha value is -1.07. The van der Waals surface area contributed by atoms with Gasteiger partial charge >= 0.3 is 6.03 Å². The highest BCUT2D eigenvalue weighted by Gasteiger charge is 2.38. The maximum Gasteiger partial charge on any atom is 0.322 e. The predicted octanol–water partition coefficient (Wildman–Crippen LogP) is 3.52. The third kappa shape index (κ3) is 3.33. The zero-order valence-corrected chi connectivity index (χ0v) is 13.7. The number of carbonyl (C=O) groups excluding carboxylic acids is 1. The van der Waals surface area contributed by atoms with Crippen molar-refractivity contribution in [1.82, 2.24) is 4.90 Å². The second-order valence-corrected chi connectivity index (χ2v) is 6.77. The van der Waals surface area contributed by atoms with Gasteiger partial charge in [0.1, 0.15) is 0 Å². The molecule has 1 saturated heterocycles. The monoisotopic (exact) mass is 340 g/mol. The summed E-state index contributed by atoms with van der Waals surface area (Å²) >= 11 is 3.44. The summed E-state index contributed by atoms with van der Waals surface area (Å²) in [6.45, 7) is 6.18. The summed E-state index contributed by atoms with van der Waals surface area (Å²) in [6.07, 6.45) is 1.77. The maximum absolute atomic E-state index is 12.4. The second-order valence-electron chi connectivity index (χ2n) is 5.92. The van der Waals surface area contributed by atoms with Crippen LogP contribution in [0.4, 0.5) is 10.5 Å². The van der Waals surface area contributed by atoms with Crippen molar-refractivity contribution < 1.29 is 9.90 Å². The van der Waals surface area contributed by atoms with Crippen LogP contribution in [-0.4, -0.2) is 34.2 Å². The zero-order chi connectivity index (χ0) is 14.9. The van der Waals surface area contributed by atoms with Gasteiger partial charge in [-0.1, -0.05) is 6.07 Å². The van der Waals surface area contributed by atoms with Crippen molar-refractivity contribution >= 4 is 27.6 Å². The van der Waals surface area contributed by atoms with Crippen LogP contribution in [0.3, 0.4) is 0 Å². The summed E-state index contributed by atoms with van der Waals surface area (Å²) in [5, 5.41) is 13.1. The van der Waals surface area contributed by atoms with E-state index in [1.54, 1.807) is 18.7 Å². The zero-order valence-electron chi connectivity index (χ0n) is 12.1. The standard InChI is InChI=1S/C15H21BrN2O2/c1-10-6-7-11(16)12(9-10)17-14(19)18-8-4-5-13(18)15(2,3)20/h6-7,9,13,20H,4-5,8H2,1-3H3,(H,17,19). The van der Waals surface area contributed by atoms with E-state index < -0.39 is 5.60 Å². The quantitative estimate of drug-likeness (QED) is 0.865. The van der Waals surface area contributed by atoms with Crippen LogP contribution in [0.1, 0.15) is 32.3 Å². The fourth-order valence-corrected chi connectivity index (χ4v) is 3.01. The topological polar surface area (TPSA) is 52.6 Å². The third-order valence-electron chi connectivity index (χ3n) is 3.69. The van der Waals surface area contributed by atoms with E-state index in [-0.39, 0.29) is 12.1 Å². The number of nitrogens with one attached hydrogen (secondary N) is 1. The van der Waals surface area contributed by atoms with Gasteiger partial charge in [-0.15, -0.1) is 0 Å². The molecule has 5 heteroatoms. The molecule has 110 valence electrons. The lowest BCUT2D eigenvalue weighted by molar-refractivity contribution is 0.0117. The Labute approximate surface area is 128 Å². The van der Waals surface area contributed by atoms with Crippen LogP contribution >= 0.6 is 15.9 Å². The Kier molecular flexibility index (Phi) is 4.39. The summed E-state index contributed by atoms with van der Waals surface area (Å²) in [4.78, 5) is 14.1. The first-order valence-corrected chi connectivity index (χ1v) is 7.64. The average molecular weight is 341 g/mol. The van der Waals surface area contributed by atoms with Gasteiger partial charge in [0.2, 0.25) is 0 Å². The molecule has 1 aromatic rings. The molecule has 1 unspecified atom stereocenters. The molecule has 0 bridgehead atoms. The Morgan fingerprint density at radius 1 is 1.50 bits per heavy atom. The molecule has 0 spiro atoms. The highest BCUT2D eigenvalue weighted by Crippen LogP contribution is 2.29. The summed E-state index contributed by atoms with van der Waals surface area (Å²) < 4.78 is 0.857.